The molecule has 0 atom stereocenters. The second-order valence-electron chi connectivity index (χ2n) is 10.2. The second-order valence-corrected chi connectivity index (χ2v) is 12.5. The molecule has 2 heteroatoms. The largest absolute Gasteiger partial charge is 0.140 e. The molecule has 1 heterocycles. The molecule has 196 valence electrons. The molecule has 0 bridgehead atoms. The Morgan fingerprint density at radius 3 is 2.31 bits per heavy atom. The van der Waals surface area contributed by atoms with Crippen molar-refractivity contribution in [2.75, 3.05) is 0 Å². The molecule has 0 aliphatic rings. The maximum absolute atomic E-state index is 5.96. The van der Waals surface area contributed by atoms with Gasteiger partial charge >= 0.3 is 0 Å². The molecule has 0 aliphatic heterocycles. The van der Waals surface area contributed by atoms with Crippen LogP contribution in [0.25, 0.3) is 10.1 Å². The second kappa shape index (κ2) is 16.2. The monoisotopic (exact) mass is 520 g/mol. The molecule has 0 unspecified atom stereocenters. The van der Waals surface area contributed by atoms with Gasteiger partial charge in [0.1, 0.15) is 0 Å². The standard InChI is InChI=1S/C34H48S2/c1-9-13-15-17-19-27(7)35-34(29(11-3)12-4)28(8)25(5)21-30-23-31-24-32(20-18-16-14-10-2)36-33(31)22-26(30)6/h3,22-24H,7,9-10,12-21H2,1-2,4-6,8H3/b28-25-,34-29-. The van der Waals surface area contributed by atoms with E-state index in [1.807, 2.05) is 23.1 Å². The van der Waals surface area contributed by atoms with Crippen LogP contribution in [0.1, 0.15) is 115 Å². The highest BCUT2D eigenvalue weighted by atomic mass is 32.2. The van der Waals surface area contributed by atoms with Crippen LogP contribution in [0.15, 0.2) is 51.3 Å². The van der Waals surface area contributed by atoms with Crippen LogP contribution in [0.3, 0.4) is 0 Å². The summed E-state index contributed by atoms with van der Waals surface area (Å²) in [5.74, 6) is 2.98. The van der Waals surface area contributed by atoms with Crippen LogP contribution in [-0.2, 0) is 12.8 Å². The van der Waals surface area contributed by atoms with Gasteiger partial charge in [-0.2, -0.15) is 0 Å². The lowest BCUT2D eigenvalue weighted by Gasteiger charge is -2.17. The Bertz CT molecular complexity index is 1100. The lowest BCUT2D eigenvalue weighted by atomic mass is 9.96. The van der Waals surface area contributed by atoms with E-state index in [9.17, 15) is 0 Å². The number of benzene rings is 1. The fourth-order valence-electron chi connectivity index (χ4n) is 4.58. The number of unbranched alkanes of at least 4 members (excludes halogenated alkanes) is 6. The average Bonchev–Trinajstić information content (AvgIpc) is 3.25. The van der Waals surface area contributed by atoms with E-state index in [0.29, 0.717) is 0 Å². The van der Waals surface area contributed by atoms with Crippen molar-refractivity contribution in [3.63, 3.8) is 0 Å². The lowest BCUT2D eigenvalue weighted by molar-refractivity contribution is 0.670. The molecular formula is C34H48S2. The van der Waals surface area contributed by atoms with Crippen LogP contribution < -0.4 is 0 Å². The average molecular weight is 521 g/mol. The highest BCUT2D eigenvalue weighted by Gasteiger charge is 2.14. The Balaban J connectivity index is 2.24. The molecule has 1 aromatic carbocycles. The van der Waals surface area contributed by atoms with Crippen molar-refractivity contribution in [3.8, 4) is 12.3 Å². The Kier molecular flexibility index (Phi) is 13.8. The first kappa shape index (κ1) is 30.5. The molecule has 2 rings (SSSR count). The lowest BCUT2D eigenvalue weighted by Crippen LogP contribution is -1.97. The van der Waals surface area contributed by atoms with Gasteiger partial charge in [-0.15, -0.1) is 17.8 Å². The molecule has 1 aromatic heterocycles. The SMILES string of the molecule is C#C/C(CC)=C(SC(=C)CCCCCC)\C(C)=C(\C)Cc1cc2cc(CCCCCC)sc2cc1C. The van der Waals surface area contributed by atoms with Gasteiger partial charge in [0, 0.05) is 20.1 Å². The molecule has 0 spiro atoms. The minimum atomic E-state index is 0.882. The number of fused-ring (bicyclic) bond motifs is 1. The maximum Gasteiger partial charge on any atom is 0.0348 e. The van der Waals surface area contributed by atoms with E-state index < -0.39 is 0 Å². The third kappa shape index (κ3) is 9.32. The van der Waals surface area contributed by atoms with Crippen LogP contribution >= 0.6 is 23.1 Å². The van der Waals surface area contributed by atoms with Gasteiger partial charge in [0.15, 0.2) is 0 Å². The zero-order valence-corrected chi connectivity index (χ0v) is 25.5. The summed E-state index contributed by atoms with van der Waals surface area (Å²) in [5, 5.41) is 1.40. The van der Waals surface area contributed by atoms with E-state index in [0.717, 1.165) is 24.8 Å². The van der Waals surface area contributed by atoms with Crippen LogP contribution in [0, 0.1) is 19.3 Å². The summed E-state index contributed by atoms with van der Waals surface area (Å²) in [5.41, 5.74) is 6.64. The zero-order chi connectivity index (χ0) is 26.5. The van der Waals surface area contributed by atoms with Crippen molar-refractivity contribution in [1.29, 1.82) is 0 Å². The van der Waals surface area contributed by atoms with Gasteiger partial charge in [0.05, 0.1) is 0 Å². The molecule has 2 aromatic rings. The highest BCUT2D eigenvalue weighted by Crippen LogP contribution is 2.38. The first-order valence-electron chi connectivity index (χ1n) is 14.1. The predicted octanol–water partition coefficient (Wildman–Crippen LogP) is 11.7. The molecular weight excluding hydrogens is 473 g/mol. The molecule has 36 heavy (non-hydrogen) atoms. The fraction of sp³-hybridized carbons (Fsp3) is 0.529. The first-order valence-corrected chi connectivity index (χ1v) is 15.7. The molecule has 0 saturated carbocycles. The zero-order valence-electron chi connectivity index (χ0n) is 23.8. The third-order valence-electron chi connectivity index (χ3n) is 7.10. The predicted molar refractivity (Wildman–Crippen MR) is 168 cm³/mol. The molecule has 0 amide bonds. The fourth-order valence-corrected chi connectivity index (χ4v) is 6.95. The van der Waals surface area contributed by atoms with Gasteiger partial charge in [-0.05, 0) is 104 Å². The van der Waals surface area contributed by atoms with Gasteiger partial charge < -0.3 is 0 Å². The number of aryl methyl sites for hydroxylation is 2. The Hall–Kier alpha value is -1.69. The number of hydrogen-bond donors (Lipinski definition) is 0. The van der Waals surface area contributed by atoms with Gasteiger partial charge in [-0.1, -0.05) is 89.1 Å². The Morgan fingerprint density at radius 2 is 1.67 bits per heavy atom. The van der Waals surface area contributed by atoms with Crippen molar-refractivity contribution < 1.29 is 0 Å². The van der Waals surface area contributed by atoms with Crippen LogP contribution in [0.5, 0.6) is 0 Å². The number of hydrogen-bond acceptors (Lipinski definition) is 2. The minimum absolute atomic E-state index is 0.882. The van der Waals surface area contributed by atoms with Gasteiger partial charge in [0.25, 0.3) is 0 Å². The van der Waals surface area contributed by atoms with Crippen molar-refractivity contribution in [2.45, 2.75) is 119 Å². The van der Waals surface area contributed by atoms with Crippen molar-refractivity contribution in [2.24, 2.45) is 0 Å². The number of thiophene rings is 1. The van der Waals surface area contributed by atoms with Crippen molar-refractivity contribution >= 4 is 33.2 Å². The summed E-state index contributed by atoms with van der Waals surface area (Å²) in [7, 11) is 0. The normalized spacial score (nSPS) is 12.9. The van der Waals surface area contributed by atoms with Crippen LogP contribution in [-0.4, -0.2) is 0 Å². The minimum Gasteiger partial charge on any atom is -0.140 e. The number of rotatable bonds is 16. The summed E-state index contributed by atoms with van der Waals surface area (Å²) < 4.78 is 1.43. The summed E-state index contributed by atoms with van der Waals surface area (Å²) in [6.07, 6.45) is 20.4. The number of terminal acetylenes is 1. The van der Waals surface area contributed by atoms with Crippen LogP contribution in [0.2, 0.25) is 0 Å². The van der Waals surface area contributed by atoms with E-state index in [1.165, 1.54) is 105 Å². The molecule has 0 fully saturated rings. The topological polar surface area (TPSA) is 0 Å². The summed E-state index contributed by atoms with van der Waals surface area (Å²) in [6, 6.07) is 7.26. The maximum atomic E-state index is 5.96. The molecule has 0 N–H and O–H groups in total. The van der Waals surface area contributed by atoms with Crippen LogP contribution in [0.4, 0.5) is 0 Å². The molecule has 0 aliphatic carbocycles. The first-order chi connectivity index (χ1) is 17.3. The Morgan fingerprint density at radius 1 is 0.972 bits per heavy atom. The van der Waals surface area contributed by atoms with Gasteiger partial charge in [0.2, 0.25) is 0 Å². The van der Waals surface area contributed by atoms with Crippen molar-refractivity contribution in [1.82, 2.24) is 0 Å². The van der Waals surface area contributed by atoms with E-state index in [1.54, 1.807) is 0 Å². The number of allylic oxidation sites excluding steroid dienone is 4. The molecule has 0 radical (unpaired) electrons. The summed E-state index contributed by atoms with van der Waals surface area (Å²) in [6.45, 7) is 17.9. The highest BCUT2D eigenvalue weighted by molar-refractivity contribution is 8.07. The third-order valence-corrected chi connectivity index (χ3v) is 9.50. The van der Waals surface area contributed by atoms with Crippen molar-refractivity contribution in [3.05, 3.63) is 67.3 Å². The van der Waals surface area contributed by atoms with E-state index in [4.69, 9.17) is 6.42 Å². The van der Waals surface area contributed by atoms with E-state index >= 15 is 0 Å². The van der Waals surface area contributed by atoms with Gasteiger partial charge in [-0.25, -0.2) is 0 Å². The quantitative estimate of drug-likeness (QED) is 0.120. The molecule has 0 nitrogen and oxygen atoms in total. The smallest absolute Gasteiger partial charge is 0.0348 e. The summed E-state index contributed by atoms with van der Waals surface area (Å²) in [4.78, 5) is 4.01. The van der Waals surface area contributed by atoms with E-state index in [2.05, 4.69) is 72.2 Å². The summed E-state index contributed by atoms with van der Waals surface area (Å²) >= 11 is 3.79. The number of thioether (sulfide) groups is 1. The Labute approximate surface area is 230 Å². The van der Waals surface area contributed by atoms with Gasteiger partial charge in [-0.3, -0.25) is 0 Å². The molecule has 0 saturated heterocycles. The van der Waals surface area contributed by atoms with E-state index in [-0.39, 0.29) is 0 Å².